The number of amides is 1. The molecular formula is C20H23FN6O3S. The predicted octanol–water partition coefficient (Wildman–Crippen LogP) is 2.41. The van der Waals surface area contributed by atoms with Crippen molar-refractivity contribution in [2.45, 2.75) is 30.7 Å². The van der Waals surface area contributed by atoms with Crippen LogP contribution in [0.1, 0.15) is 40.8 Å². The minimum atomic E-state index is -3.64. The lowest BCUT2D eigenvalue weighted by Crippen LogP contribution is -2.38. The molecule has 11 heteroatoms. The Morgan fingerprint density at radius 3 is 2.61 bits per heavy atom. The van der Waals surface area contributed by atoms with Crippen LogP contribution in [-0.2, 0) is 17.1 Å². The van der Waals surface area contributed by atoms with Gasteiger partial charge in [0.2, 0.25) is 0 Å². The number of carbonyl (C=O) groups excluding carboxylic acids is 1. The van der Waals surface area contributed by atoms with Crippen LogP contribution >= 0.6 is 0 Å². The Balaban J connectivity index is 1.40. The van der Waals surface area contributed by atoms with Gasteiger partial charge in [0, 0.05) is 37.9 Å². The molecule has 164 valence electrons. The van der Waals surface area contributed by atoms with Crippen LogP contribution in [0.2, 0.25) is 0 Å². The zero-order valence-electron chi connectivity index (χ0n) is 17.2. The third kappa shape index (κ3) is 4.23. The molecule has 1 aliphatic heterocycles. The normalized spacial score (nSPS) is 15.8. The van der Waals surface area contributed by atoms with E-state index in [9.17, 15) is 17.6 Å². The van der Waals surface area contributed by atoms with E-state index >= 15 is 0 Å². The van der Waals surface area contributed by atoms with Crippen LogP contribution in [0.25, 0.3) is 0 Å². The van der Waals surface area contributed by atoms with Gasteiger partial charge >= 0.3 is 0 Å². The van der Waals surface area contributed by atoms with E-state index in [0.717, 1.165) is 5.69 Å². The van der Waals surface area contributed by atoms with Gasteiger partial charge in [-0.05, 0) is 38.0 Å². The number of sulfonamides is 1. The van der Waals surface area contributed by atoms with Gasteiger partial charge in [-0.3, -0.25) is 9.89 Å². The number of hydrogen-bond acceptors (Lipinski definition) is 5. The maximum absolute atomic E-state index is 13.7. The maximum Gasteiger partial charge on any atom is 0.276 e. The molecule has 31 heavy (non-hydrogen) atoms. The fourth-order valence-corrected chi connectivity index (χ4v) is 5.10. The lowest BCUT2D eigenvalue weighted by Gasteiger charge is -2.30. The van der Waals surface area contributed by atoms with Crippen molar-refractivity contribution in [1.82, 2.24) is 24.1 Å². The van der Waals surface area contributed by atoms with Crippen LogP contribution in [-0.4, -0.2) is 51.5 Å². The Hall–Kier alpha value is -3.05. The van der Waals surface area contributed by atoms with Crippen LogP contribution in [0, 0.1) is 12.7 Å². The number of aromatic amines is 1. The summed E-state index contributed by atoms with van der Waals surface area (Å²) in [5.74, 6) is -0.368. The number of carbonyl (C=O) groups is 1. The molecule has 9 nitrogen and oxygen atoms in total. The minimum Gasteiger partial charge on any atom is -0.337 e. The molecule has 1 amide bonds. The average molecular weight is 447 g/mol. The maximum atomic E-state index is 13.7. The largest absolute Gasteiger partial charge is 0.337 e. The molecule has 0 aliphatic carbocycles. The summed E-state index contributed by atoms with van der Waals surface area (Å²) in [5, 5.41) is 9.46. The van der Waals surface area contributed by atoms with Crippen LogP contribution in [0.5, 0.6) is 0 Å². The lowest BCUT2D eigenvalue weighted by molar-refractivity contribution is 0.102. The fraction of sp³-hybridized carbons (Fsp3) is 0.350. The first-order valence-electron chi connectivity index (χ1n) is 9.87. The van der Waals surface area contributed by atoms with E-state index in [4.69, 9.17) is 0 Å². The number of nitrogens with one attached hydrogen (secondary N) is 2. The van der Waals surface area contributed by atoms with Crippen LogP contribution in [0.4, 0.5) is 10.1 Å². The summed E-state index contributed by atoms with van der Waals surface area (Å²) in [5.41, 5.74) is 0.988. The number of hydrogen-bond donors (Lipinski definition) is 2. The number of benzene rings is 1. The Morgan fingerprint density at radius 1 is 1.26 bits per heavy atom. The molecule has 0 radical (unpaired) electrons. The molecule has 2 aromatic heterocycles. The molecule has 4 rings (SSSR count). The molecule has 1 aliphatic rings. The van der Waals surface area contributed by atoms with E-state index in [-0.39, 0.29) is 22.3 Å². The first kappa shape index (κ1) is 21.2. The molecule has 1 fully saturated rings. The van der Waals surface area contributed by atoms with Crippen molar-refractivity contribution in [1.29, 1.82) is 0 Å². The fourth-order valence-electron chi connectivity index (χ4n) is 3.60. The minimum absolute atomic E-state index is 0.0411. The molecule has 0 spiro atoms. The number of imidazole rings is 1. The lowest BCUT2D eigenvalue weighted by atomic mass is 9.94. The second-order valence-corrected chi connectivity index (χ2v) is 9.44. The number of piperidine rings is 1. The molecular weight excluding hydrogens is 423 g/mol. The number of aryl methyl sites for hydroxylation is 2. The highest BCUT2D eigenvalue weighted by molar-refractivity contribution is 7.89. The molecule has 0 bridgehead atoms. The third-order valence-corrected chi connectivity index (χ3v) is 7.31. The SMILES string of the molecule is Cc1nc(S(=O)(=O)N2CCC(c3cc(C(=O)Nc4ccccc4F)n[nH]3)CC2)cn1C. The highest BCUT2D eigenvalue weighted by atomic mass is 32.2. The zero-order valence-corrected chi connectivity index (χ0v) is 18.0. The molecule has 3 aromatic rings. The van der Waals surface area contributed by atoms with Crippen molar-refractivity contribution in [2.24, 2.45) is 7.05 Å². The van der Waals surface area contributed by atoms with Gasteiger partial charge in [-0.15, -0.1) is 0 Å². The third-order valence-electron chi connectivity index (χ3n) is 5.54. The summed E-state index contributed by atoms with van der Waals surface area (Å²) in [4.78, 5) is 16.5. The first-order chi connectivity index (χ1) is 14.8. The second kappa shape index (κ2) is 8.23. The number of halogens is 1. The van der Waals surface area contributed by atoms with E-state index in [1.54, 1.807) is 36.7 Å². The van der Waals surface area contributed by atoms with Crippen molar-refractivity contribution in [3.8, 4) is 0 Å². The number of rotatable bonds is 5. The number of nitrogens with zero attached hydrogens (tertiary/aromatic N) is 4. The zero-order chi connectivity index (χ0) is 22.2. The molecule has 3 heterocycles. The summed E-state index contributed by atoms with van der Waals surface area (Å²) >= 11 is 0. The van der Waals surface area contributed by atoms with Gasteiger partial charge in [0.05, 0.1) is 5.69 Å². The van der Waals surface area contributed by atoms with Gasteiger partial charge < -0.3 is 9.88 Å². The van der Waals surface area contributed by atoms with Gasteiger partial charge in [0.25, 0.3) is 15.9 Å². The van der Waals surface area contributed by atoms with Gasteiger partial charge in [-0.2, -0.15) is 9.40 Å². The molecule has 1 aromatic carbocycles. The highest BCUT2D eigenvalue weighted by Crippen LogP contribution is 2.30. The van der Waals surface area contributed by atoms with E-state index < -0.39 is 21.7 Å². The van der Waals surface area contributed by atoms with E-state index in [1.807, 2.05) is 0 Å². The van der Waals surface area contributed by atoms with Gasteiger partial charge in [-0.1, -0.05) is 12.1 Å². The van der Waals surface area contributed by atoms with Crippen molar-refractivity contribution < 1.29 is 17.6 Å². The standard InChI is InChI=1S/C20H23FN6O3S/c1-13-22-19(12-26(13)2)31(29,30)27-9-7-14(8-10-27)17-11-18(25-24-17)20(28)23-16-6-4-3-5-15(16)21/h3-6,11-12,14H,7-10H2,1-2H3,(H,23,28)(H,24,25). The smallest absolute Gasteiger partial charge is 0.276 e. The summed E-state index contributed by atoms with van der Waals surface area (Å²) < 4.78 is 42.5. The van der Waals surface area contributed by atoms with Crippen molar-refractivity contribution in [3.05, 3.63) is 59.6 Å². The Morgan fingerprint density at radius 2 is 1.97 bits per heavy atom. The first-order valence-corrected chi connectivity index (χ1v) is 11.3. The van der Waals surface area contributed by atoms with Crippen molar-refractivity contribution in [2.75, 3.05) is 18.4 Å². The predicted molar refractivity (Wildman–Crippen MR) is 112 cm³/mol. The molecule has 1 saturated heterocycles. The van der Waals surface area contributed by atoms with Gasteiger partial charge in [0.1, 0.15) is 11.6 Å². The number of anilines is 1. The quantitative estimate of drug-likeness (QED) is 0.625. The molecule has 0 unspecified atom stereocenters. The van der Waals surface area contributed by atoms with E-state index in [1.165, 1.54) is 22.6 Å². The monoisotopic (exact) mass is 446 g/mol. The summed E-state index contributed by atoms with van der Waals surface area (Å²) in [6.45, 7) is 2.44. The average Bonchev–Trinajstić information content (AvgIpc) is 3.37. The Bertz CT molecular complexity index is 1190. The Kier molecular flexibility index (Phi) is 5.63. The van der Waals surface area contributed by atoms with Crippen LogP contribution in [0.15, 0.2) is 41.6 Å². The second-order valence-electron chi connectivity index (χ2n) is 7.56. The topological polar surface area (TPSA) is 113 Å². The molecule has 2 N–H and O–H groups in total. The Labute approximate surface area is 179 Å². The molecule has 0 atom stereocenters. The number of para-hydroxylation sites is 1. The summed E-state index contributed by atoms with van der Waals surface area (Å²) in [6, 6.07) is 7.54. The van der Waals surface area contributed by atoms with Crippen LogP contribution in [0.3, 0.4) is 0 Å². The summed E-state index contributed by atoms with van der Waals surface area (Å²) in [6.07, 6.45) is 2.69. The van der Waals surface area contributed by atoms with Crippen molar-refractivity contribution >= 4 is 21.6 Å². The van der Waals surface area contributed by atoms with Crippen molar-refractivity contribution in [3.63, 3.8) is 0 Å². The van der Waals surface area contributed by atoms with Crippen LogP contribution < -0.4 is 5.32 Å². The summed E-state index contributed by atoms with van der Waals surface area (Å²) in [7, 11) is -1.88. The van der Waals surface area contributed by atoms with E-state index in [0.29, 0.717) is 31.8 Å². The van der Waals surface area contributed by atoms with Gasteiger partial charge in [0.15, 0.2) is 10.7 Å². The number of H-pyrrole nitrogens is 1. The van der Waals surface area contributed by atoms with Gasteiger partial charge in [-0.25, -0.2) is 17.8 Å². The van der Waals surface area contributed by atoms with E-state index in [2.05, 4.69) is 20.5 Å². The number of aromatic nitrogens is 4. The highest BCUT2D eigenvalue weighted by Gasteiger charge is 2.32. The molecule has 0 saturated carbocycles.